The van der Waals surface area contributed by atoms with E-state index in [1.165, 1.54) is 11.8 Å². The van der Waals surface area contributed by atoms with Crippen LogP contribution in [-0.4, -0.2) is 29.9 Å². The van der Waals surface area contributed by atoms with E-state index >= 15 is 0 Å². The fourth-order valence-electron chi connectivity index (χ4n) is 3.11. The maximum atomic E-state index is 12.5. The topological polar surface area (TPSA) is 71.3 Å². The van der Waals surface area contributed by atoms with Crippen molar-refractivity contribution in [2.24, 2.45) is 0 Å². The van der Waals surface area contributed by atoms with Crippen molar-refractivity contribution in [3.63, 3.8) is 0 Å². The Bertz CT molecular complexity index is 650. The molecule has 1 saturated carbocycles. The van der Waals surface area contributed by atoms with Gasteiger partial charge in [0, 0.05) is 4.90 Å². The second-order valence-corrected chi connectivity index (χ2v) is 7.72. The Balaban J connectivity index is 1.63. The van der Waals surface area contributed by atoms with E-state index < -0.39 is 5.54 Å². The number of carbonyl (C=O) groups excluding carboxylic acids is 1. The van der Waals surface area contributed by atoms with Crippen LogP contribution in [0.4, 0.5) is 0 Å². The molecule has 0 saturated heterocycles. The number of nitrogens with zero attached hydrogens (tertiary/aromatic N) is 1. The molecule has 24 heavy (non-hydrogen) atoms. The summed E-state index contributed by atoms with van der Waals surface area (Å²) in [5, 5.41) is 12.2. The maximum Gasteiger partial charge on any atom is 0.234 e. The third-order valence-electron chi connectivity index (χ3n) is 4.48. The van der Waals surface area contributed by atoms with E-state index in [9.17, 15) is 10.1 Å². The normalized spacial score (nSPS) is 19.8. The molecule has 0 spiro atoms. The monoisotopic (exact) mass is 346 g/mol. The SMILES string of the molecule is C[C@@H](Sc1ccc2c(c1)OCCO2)C(=O)NC1(C#N)CCCCC1. The molecular formula is C18H22N2O3S. The number of hydrogen-bond acceptors (Lipinski definition) is 5. The minimum atomic E-state index is -0.684. The van der Waals surface area contributed by atoms with Gasteiger partial charge in [-0.1, -0.05) is 19.3 Å². The van der Waals surface area contributed by atoms with Crippen molar-refractivity contribution in [2.75, 3.05) is 13.2 Å². The highest BCUT2D eigenvalue weighted by atomic mass is 32.2. The van der Waals surface area contributed by atoms with Gasteiger partial charge >= 0.3 is 0 Å². The molecule has 1 aliphatic carbocycles. The Hall–Kier alpha value is -1.87. The van der Waals surface area contributed by atoms with Crippen LogP contribution < -0.4 is 14.8 Å². The van der Waals surface area contributed by atoms with Crippen LogP contribution >= 0.6 is 11.8 Å². The lowest BCUT2D eigenvalue weighted by Gasteiger charge is -2.32. The van der Waals surface area contributed by atoms with E-state index in [1.807, 2.05) is 25.1 Å². The molecule has 128 valence electrons. The molecule has 0 radical (unpaired) electrons. The number of fused-ring (bicyclic) bond motifs is 1. The Morgan fingerprint density at radius 2 is 1.96 bits per heavy atom. The molecule has 6 heteroatoms. The summed E-state index contributed by atoms with van der Waals surface area (Å²) in [6.07, 6.45) is 4.63. The van der Waals surface area contributed by atoms with Crippen molar-refractivity contribution in [1.29, 1.82) is 5.26 Å². The Morgan fingerprint density at radius 1 is 1.25 bits per heavy atom. The molecule has 1 amide bonds. The third kappa shape index (κ3) is 3.78. The third-order valence-corrected chi connectivity index (χ3v) is 5.57. The first kappa shape index (κ1) is 17.0. The molecule has 2 aliphatic rings. The quantitative estimate of drug-likeness (QED) is 0.847. The zero-order valence-electron chi connectivity index (χ0n) is 13.8. The van der Waals surface area contributed by atoms with Gasteiger partial charge in [0.1, 0.15) is 18.8 Å². The summed E-state index contributed by atoms with van der Waals surface area (Å²) in [4.78, 5) is 13.5. The second kappa shape index (κ2) is 7.35. The first-order valence-electron chi connectivity index (χ1n) is 8.41. The number of carbonyl (C=O) groups is 1. The van der Waals surface area contributed by atoms with Gasteiger partial charge in [0.25, 0.3) is 0 Å². The molecule has 1 N–H and O–H groups in total. The van der Waals surface area contributed by atoms with Crippen molar-refractivity contribution in [2.45, 2.75) is 54.7 Å². The van der Waals surface area contributed by atoms with E-state index in [0.717, 1.165) is 48.5 Å². The number of rotatable bonds is 4. The fourth-order valence-corrected chi connectivity index (χ4v) is 4.01. The lowest BCUT2D eigenvalue weighted by atomic mass is 9.83. The minimum Gasteiger partial charge on any atom is -0.486 e. The van der Waals surface area contributed by atoms with E-state index in [-0.39, 0.29) is 11.2 Å². The van der Waals surface area contributed by atoms with Gasteiger partial charge in [-0.2, -0.15) is 5.26 Å². The second-order valence-electron chi connectivity index (χ2n) is 6.31. The summed E-state index contributed by atoms with van der Waals surface area (Å²) in [6, 6.07) is 8.04. The van der Waals surface area contributed by atoms with Crippen LogP contribution in [0.1, 0.15) is 39.0 Å². The van der Waals surface area contributed by atoms with Crippen LogP contribution in [0.5, 0.6) is 11.5 Å². The van der Waals surface area contributed by atoms with E-state index in [0.29, 0.717) is 13.2 Å². The van der Waals surface area contributed by atoms with Crippen LogP contribution in [0.3, 0.4) is 0 Å². The number of nitriles is 1. The molecule has 3 rings (SSSR count). The molecule has 5 nitrogen and oxygen atoms in total. The minimum absolute atomic E-state index is 0.0849. The summed E-state index contributed by atoms with van der Waals surface area (Å²) in [6.45, 7) is 2.97. The number of amides is 1. The predicted octanol–water partition coefficient (Wildman–Crippen LogP) is 3.28. The number of hydrogen-bond donors (Lipinski definition) is 1. The zero-order valence-corrected chi connectivity index (χ0v) is 14.7. The van der Waals surface area contributed by atoms with E-state index in [1.54, 1.807) is 0 Å². The van der Waals surface area contributed by atoms with Crippen LogP contribution in [0, 0.1) is 11.3 Å². The fraction of sp³-hybridized carbons (Fsp3) is 0.556. The standard InChI is InChI=1S/C18H22N2O3S/c1-13(17(21)20-18(12-19)7-3-2-4-8-18)24-14-5-6-15-16(11-14)23-10-9-22-15/h5-6,11,13H,2-4,7-10H2,1H3,(H,20,21)/t13-/m1/s1. The summed E-state index contributed by atoms with van der Waals surface area (Å²) in [7, 11) is 0. The van der Waals surface area contributed by atoms with Gasteiger partial charge in [-0.15, -0.1) is 11.8 Å². The number of nitrogens with one attached hydrogen (secondary N) is 1. The summed E-state index contributed by atoms with van der Waals surface area (Å²) in [5.41, 5.74) is -0.684. The predicted molar refractivity (Wildman–Crippen MR) is 92.3 cm³/mol. The largest absolute Gasteiger partial charge is 0.486 e. The summed E-state index contributed by atoms with van der Waals surface area (Å²) in [5.74, 6) is 1.38. The van der Waals surface area contributed by atoms with Crippen molar-refractivity contribution in [1.82, 2.24) is 5.32 Å². The molecule has 0 unspecified atom stereocenters. The first-order chi connectivity index (χ1) is 11.6. The Morgan fingerprint density at radius 3 is 2.67 bits per heavy atom. The number of ether oxygens (including phenoxy) is 2. The maximum absolute atomic E-state index is 12.5. The molecule has 1 aromatic carbocycles. The van der Waals surface area contributed by atoms with Gasteiger partial charge in [-0.3, -0.25) is 4.79 Å². The molecule has 1 aromatic rings. The molecule has 1 fully saturated rings. The van der Waals surface area contributed by atoms with Gasteiger partial charge in [0.15, 0.2) is 11.5 Å². The highest BCUT2D eigenvalue weighted by Gasteiger charge is 2.34. The van der Waals surface area contributed by atoms with Crippen LogP contribution in [-0.2, 0) is 4.79 Å². The summed E-state index contributed by atoms with van der Waals surface area (Å²) >= 11 is 1.47. The molecule has 1 heterocycles. The smallest absolute Gasteiger partial charge is 0.234 e. The highest BCUT2D eigenvalue weighted by Crippen LogP contribution is 2.36. The average molecular weight is 346 g/mol. The van der Waals surface area contributed by atoms with Crippen LogP contribution in [0.15, 0.2) is 23.1 Å². The Kier molecular flexibility index (Phi) is 5.20. The average Bonchev–Trinajstić information content (AvgIpc) is 2.62. The molecular weight excluding hydrogens is 324 g/mol. The number of thioether (sulfide) groups is 1. The van der Waals surface area contributed by atoms with Crippen molar-refractivity contribution in [3.8, 4) is 17.6 Å². The van der Waals surface area contributed by atoms with Crippen molar-refractivity contribution in [3.05, 3.63) is 18.2 Å². The molecule has 1 aliphatic heterocycles. The van der Waals surface area contributed by atoms with E-state index in [4.69, 9.17) is 9.47 Å². The zero-order chi connectivity index (χ0) is 17.0. The molecule has 1 atom stereocenters. The van der Waals surface area contributed by atoms with Gasteiger partial charge in [-0.05, 0) is 38.0 Å². The molecule has 0 aromatic heterocycles. The Labute approximate surface area is 146 Å². The van der Waals surface area contributed by atoms with Gasteiger partial charge in [0.05, 0.1) is 11.3 Å². The molecule has 0 bridgehead atoms. The lowest BCUT2D eigenvalue weighted by Crippen LogP contribution is -2.50. The van der Waals surface area contributed by atoms with Crippen molar-refractivity contribution >= 4 is 17.7 Å². The lowest BCUT2D eigenvalue weighted by molar-refractivity contribution is -0.121. The highest BCUT2D eigenvalue weighted by molar-refractivity contribution is 8.00. The van der Waals surface area contributed by atoms with Crippen molar-refractivity contribution < 1.29 is 14.3 Å². The van der Waals surface area contributed by atoms with Gasteiger partial charge in [-0.25, -0.2) is 0 Å². The van der Waals surface area contributed by atoms with Gasteiger partial charge in [0.2, 0.25) is 5.91 Å². The first-order valence-corrected chi connectivity index (χ1v) is 9.29. The number of benzene rings is 1. The van der Waals surface area contributed by atoms with Crippen LogP contribution in [0.2, 0.25) is 0 Å². The van der Waals surface area contributed by atoms with Gasteiger partial charge < -0.3 is 14.8 Å². The summed E-state index contributed by atoms with van der Waals surface area (Å²) < 4.78 is 11.1. The van der Waals surface area contributed by atoms with E-state index in [2.05, 4.69) is 11.4 Å². The van der Waals surface area contributed by atoms with Crippen LogP contribution in [0.25, 0.3) is 0 Å².